The van der Waals surface area contributed by atoms with Gasteiger partial charge in [-0.05, 0) is 63.4 Å². The lowest BCUT2D eigenvalue weighted by atomic mass is 9.50. The minimum Gasteiger partial charge on any atom is -0.504 e. The summed E-state index contributed by atoms with van der Waals surface area (Å²) < 4.78 is 16.5. The average molecular weight is 619 g/mol. The first kappa shape index (κ1) is 31.7. The molecule has 1 saturated heterocycles. The van der Waals surface area contributed by atoms with Gasteiger partial charge in [-0.25, -0.2) is 14.4 Å². The van der Waals surface area contributed by atoms with Crippen LogP contribution in [0.1, 0.15) is 51.2 Å². The number of carboxylic acids is 1. The van der Waals surface area contributed by atoms with E-state index >= 15 is 0 Å². The van der Waals surface area contributed by atoms with Crippen molar-refractivity contribution in [2.75, 3.05) is 13.6 Å². The van der Waals surface area contributed by atoms with E-state index in [1.165, 1.54) is 12.1 Å². The molecule has 6 N–H and O–H groups in total. The minimum absolute atomic E-state index is 0.0522. The molecule has 1 fully saturated rings. The van der Waals surface area contributed by atoms with E-state index in [9.17, 15) is 44.7 Å². The third kappa shape index (κ3) is 4.89. The van der Waals surface area contributed by atoms with Crippen LogP contribution in [0.3, 0.4) is 0 Å². The molecule has 14 heteroatoms. The van der Waals surface area contributed by atoms with Gasteiger partial charge in [-0.1, -0.05) is 19.9 Å². The molecule has 5 rings (SSSR count). The third-order valence-corrected chi connectivity index (χ3v) is 9.34. The topological polar surface area (TPSA) is 212 Å². The molecule has 1 aromatic rings. The van der Waals surface area contributed by atoms with Crippen molar-refractivity contribution in [3.05, 3.63) is 35.1 Å². The lowest BCUT2D eigenvalue weighted by molar-refractivity contribution is -0.181. The maximum absolute atomic E-state index is 13.0. The quantitative estimate of drug-likeness (QED) is 0.183. The van der Waals surface area contributed by atoms with Crippen molar-refractivity contribution < 1.29 is 58.9 Å². The Morgan fingerprint density at radius 3 is 2.48 bits per heavy atom. The number of piperidine rings is 1. The van der Waals surface area contributed by atoms with Gasteiger partial charge in [-0.3, -0.25) is 4.79 Å². The van der Waals surface area contributed by atoms with Crippen LogP contribution in [0.25, 0.3) is 0 Å². The molecule has 2 bridgehead atoms. The SMILES string of the molecule is CC(C)C[C@H](NC(=O)[C@H](C)OC(=O)[C@H](O)[C@@H](O)C(=O)OC1=CC[C@@]2(O)[C@@H]3Cc4ccc(O)c5c4[C@@]2(CCN3C)[C@H]1O5)C(=O)O. The molecule has 1 aromatic carbocycles. The second-order valence-electron chi connectivity index (χ2n) is 12.5. The molecule has 0 aromatic heterocycles. The number of phenols is 1. The monoisotopic (exact) mass is 618 g/mol. The summed E-state index contributed by atoms with van der Waals surface area (Å²) in [5, 5.41) is 55.3. The third-order valence-electron chi connectivity index (χ3n) is 9.34. The van der Waals surface area contributed by atoms with Crippen LogP contribution in [0.2, 0.25) is 0 Å². The van der Waals surface area contributed by atoms with Crippen LogP contribution < -0.4 is 10.1 Å². The zero-order chi connectivity index (χ0) is 32.3. The van der Waals surface area contributed by atoms with Crippen LogP contribution >= 0.6 is 0 Å². The summed E-state index contributed by atoms with van der Waals surface area (Å²) in [6, 6.07) is 1.78. The Hall–Kier alpha value is -3.72. The molecule has 0 saturated carbocycles. The first-order valence-electron chi connectivity index (χ1n) is 14.6. The largest absolute Gasteiger partial charge is 0.504 e. The molecule has 2 aliphatic heterocycles. The number of carbonyl (C=O) groups is 4. The normalized spacial score (nSPS) is 29.3. The lowest BCUT2D eigenvalue weighted by Crippen LogP contribution is -2.74. The lowest BCUT2D eigenvalue weighted by Gasteiger charge is -2.61. The van der Waals surface area contributed by atoms with Gasteiger partial charge in [0.05, 0.1) is 11.0 Å². The Labute approximate surface area is 253 Å². The fourth-order valence-electron chi connectivity index (χ4n) is 7.15. The second-order valence-corrected chi connectivity index (χ2v) is 12.5. The van der Waals surface area contributed by atoms with Crippen molar-refractivity contribution in [3.8, 4) is 11.5 Å². The summed E-state index contributed by atoms with van der Waals surface area (Å²) in [6.45, 7) is 5.27. The number of phenolic OH excluding ortho intramolecular Hbond substituents is 1. The molecule has 0 radical (unpaired) electrons. The van der Waals surface area contributed by atoms with Crippen molar-refractivity contribution >= 4 is 23.8 Å². The summed E-state index contributed by atoms with van der Waals surface area (Å²) in [6.07, 6.45) is -4.86. The molecule has 44 heavy (non-hydrogen) atoms. The number of nitrogens with one attached hydrogen (secondary N) is 1. The van der Waals surface area contributed by atoms with Gasteiger partial charge >= 0.3 is 17.9 Å². The molecule has 4 aliphatic rings. The highest BCUT2D eigenvalue weighted by Gasteiger charge is 2.72. The van der Waals surface area contributed by atoms with E-state index in [0.29, 0.717) is 24.9 Å². The van der Waals surface area contributed by atoms with E-state index in [1.807, 2.05) is 7.05 Å². The number of hydrogen-bond donors (Lipinski definition) is 6. The number of rotatable bonds is 10. The Morgan fingerprint density at radius 1 is 1.14 bits per heavy atom. The average Bonchev–Trinajstić information content (AvgIpc) is 3.32. The second kappa shape index (κ2) is 11.3. The molecule has 240 valence electrons. The Balaban J connectivity index is 1.29. The Kier molecular flexibility index (Phi) is 8.16. The number of benzene rings is 1. The van der Waals surface area contributed by atoms with Gasteiger partial charge in [-0.2, -0.15) is 0 Å². The van der Waals surface area contributed by atoms with Gasteiger partial charge < -0.3 is 50.0 Å². The van der Waals surface area contributed by atoms with E-state index in [2.05, 4.69) is 10.2 Å². The number of amides is 1. The van der Waals surface area contributed by atoms with Crippen LogP contribution in [-0.2, 0) is 40.5 Å². The number of carboxylic acid groups (broad SMARTS) is 1. The summed E-state index contributed by atoms with van der Waals surface area (Å²) in [5.74, 6) is -5.19. The number of aliphatic carboxylic acids is 1. The maximum atomic E-state index is 13.0. The van der Waals surface area contributed by atoms with E-state index in [4.69, 9.17) is 14.2 Å². The van der Waals surface area contributed by atoms with Gasteiger partial charge in [0.25, 0.3) is 5.91 Å². The fourth-order valence-corrected chi connectivity index (χ4v) is 7.15. The van der Waals surface area contributed by atoms with Crippen molar-refractivity contribution in [2.24, 2.45) is 5.92 Å². The maximum Gasteiger partial charge on any atom is 0.343 e. The van der Waals surface area contributed by atoms with Crippen LogP contribution in [0.15, 0.2) is 24.0 Å². The summed E-state index contributed by atoms with van der Waals surface area (Å²) in [5.41, 5.74) is -0.833. The van der Waals surface area contributed by atoms with E-state index < -0.39 is 65.3 Å². The van der Waals surface area contributed by atoms with Crippen LogP contribution in [-0.4, -0.2) is 110 Å². The Morgan fingerprint density at radius 2 is 1.82 bits per heavy atom. The summed E-state index contributed by atoms with van der Waals surface area (Å²) >= 11 is 0. The number of aromatic hydroxyl groups is 1. The van der Waals surface area contributed by atoms with Gasteiger partial charge in [0.15, 0.2) is 35.9 Å². The molecule has 1 spiro atoms. The first-order valence-corrected chi connectivity index (χ1v) is 14.6. The number of aliphatic hydroxyl groups excluding tert-OH is 2. The molecule has 2 aliphatic carbocycles. The van der Waals surface area contributed by atoms with Crippen molar-refractivity contribution in [2.45, 2.75) is 94.0 Å². The first-order chi connectivity index (χ1) is 20.6. The predicted molar refractivity (Wildman–Crippen MR) is 149 cm³/mol. The number of carbonyl (C=O) groups excluding carboxylic acids is 3. The number of likely N-dealkylation sites (N-methyl/N-ethyl adjacent to an activating group) is 1. The summed E-state index contributed by atoms with van der Waals surface area (Å²) in [4.78, 5) is 51.5. The summed E-state index contributed by atoms with van der Waals surface area (Å²) in [7, 11) is 1.92. The number of esters is 2. The smallest absolute Gasteiger partial charge is 0.343 e. The fraction of sp³-hybridized carbons (Fsp3) is 0.600. The van der Waals surface area contributed by atoms with Crippen molar-refractivity contribution in [1.29, 1.82) is 0 Å². The van der Waals surface area contributed by atoms with Crippen LogP contribution in [0.4, 0.5) is 0 Å². The Bertz CT molecular complexity index is 1410. The zero-order valence-electron chi connectivity index (χ0n) is 24.9. The molecule has 14 nitrogen and oxygen atoms in total. The highest BCUT2D eigenvalue weighted by molar-refractivity contribution is 5.90. The number of hydrogen-bond acceptors (Lipinski definition) is 12. The zero-order valence-corrected chi connectivity index (χ0v) is 24.9. The standard InChI is InChI=1S/C30H38N2O12/c1-13(2)11-16(26(37)38)31-25(36)14(3)42-27(39)21(34)22(35)28(40)43-18-7-8-30(41)19-12-15-5-6-17(33)23-20(15)29(30,24(18)44-23)9-10-32(19)4/h5-7,13-14,16,19,21-22,24,33-35,41H,8-12H2,1-4H3,(H,31,36)(H,37,38)/t14-,16-,19-,21+,22+,24-,29-,30+/m0/s1. The molecule has 0 unspecified atom stereocenters. The highest BCUT2D eigenvalue weighted by Crippen LogP contribution is 2.65. The molecular weight excluding hydrogens is 580 g/mol. The van der Waals surface area contributed by atoms with Gasteiger partial charge in [-0.15, -0.1) is 0 Å². The molecule has 8 atom stereocenters. The van der Waals surface area contributed by atoms with E-state index in [-0.39, 0.29) is 42.1 Å². The predicted octanol–water partition coefficient (Wildman–Crippen LogP) is -0.518. The van der Waals surface area contributed by atoms with Gasteiger partial charge in [0.2, 0.25) is 0 Å². The van der Waals surface area contributed by atoms with E-state index in [1.54, 1.807) is 19.9 Å². The minimum atomic E-state index is -2.44. The van der Waals surface area contributed by atoms with Crippen LogP contribution in [0, 0.1) is 5.92 Å². The van der Waals surface area contributed by atoms with Gasteiger partial charge in [0.1, 0.15) is 11.8 Å². The number of ether oxygens (including phenoxy) is 3. The number of nitrogens with zero attached hydrogens (tertiary/aromatic N) is 1. The number of aliphatic hydroxyl groups is 3. The molecular formula is C30H38N2O12. The van der Waals surface area contributed by atoms with E-state index in [0.717, 1.165) is 12.5 Å². The highest BCUT2D eigenvalue weighted by atomic mass is 16.6. The van der Waals surface area contributed by atoms with Crippen LogP contribution in [0.5, 0.6) is 11.5 Å². The molecule has 2 heterocycles. The van der Waals surface area contributed by atoms with Crippen molar-refractivity contribution in [1.82, 2.24) is 10.2 Å². The number of likely N-dealkylation sites (tertiary alicyclic amines) is 1. The molecule has 1 amide bonds. The van der Waals surface area contributed by atoms with Gasteiger partial charge in [0, 0.05) is 18.0 Å². The van der Waals surface area contributed by atoms with Crippen molar-refractivity contribution in [3.63, 3.8) is 0 Å².